The van der Waals surface area contributed by atoms with Gasteiger partial charge in [0.15, 0.2) is 0 Å². The molecule has 0 aromatic heterocycles. The predicted molar refractivity (Wildman–Crippen MR) is 78.1 cm³/mol. The summed E-state index contributed by atoms with van der Waals surface area (Å²) in [6.45, 7) is -9.05. The Labute approximate surface area is 126 Å². The summed E-state index contributed by atoms with van der Waals surface area (Å²) < 4.78 is 9.54. The zero-order chi connectivity index (χ0) is 17.5. The van der Waals surface area contributed by atoms with Crippen LogP contribution in [0.25, 0.3) is 0 Å². The van der Waals surface area contributed by atoms with Gasteiger partial charge in [-0.1, -0.05) is 0 Å². The molecule has 0 saturated heterocycles. The van der Waals surface area contributed by atoms with Gasteiger partial charge in [-0.25, -0.2) is 0 Å². The molecule has 0 aliphatic heterocycles. The summed E-state index contributed by atoms with van der Waals surface area (Å²) in [5, 5.41) is 74.6. The summed E-state index contributed by atoms with van der Waals surface area (Å²) in [5.74, 6) is 0. The second kappa shape index (κ2) is 7.59. The number of carbonyl (C=O) groups is 1. The standard InChI is InChI=1S/C9H24O11P2/c10-1-21(2-11,3-12,4-13)19-9(18)20-22(5-14,6-15,7-16)8-17/h10-17H,1-8H2. The molecule has 0 radical (unpaired) electrons. The van der Waals surface area contributed by atoms with Crippen molar-refractivity contribution in [2.75, 3.05) is 50.8 Å². The maximum atomic E-state index is 11.9. The van der Waals surface area contributed by atoms with Gasteiger partial charge in [-0.15, -0.1) is 0 Å². The summed E-state index contributed by atoms with van der Waals surface area (Å²) in [6.07, 6.45) is -10.0. The average Bonchev–Trinajstić information content (AvgIpc) is 2.59. The minimum atomic E-state index is -4.53. The summed E-state index contributed by atoms with van der Waals surface area (Å²) >= 11 is 0. The van der Waals surface area contributed by atoms with E-state index in [0.29, 0.717) is 0 Å². The van der Waals surface area contributed by atoms with E-state index in [-0.39, 0.29) is 0 Å². The summed E-state index contributed by atoms with van der Waals surface area (Å²) in [7, 11) is 0. The fraction of sp³-hybridized carbons (Fsp3) is 0.889. The molecule has 22 heavy (non-hydrogen) atoms. The molecule has 0 amide bonds. The van der Waals surface area contributed by atoms with Crippen LogP contribution in [0.1, 0.15) is 0 Å². The molecule has 0 bridgehead atoms. The van der Waals surface area contributed by atoms with Gasteiger partial charge in [0.05, 0.1) is 0 Å². The van der Waals surface area contributed by atoms with Crippen LogP contribution in [0, 0.1) is 0 Å². The van der Waals surface area contributed by atoms with Crippen LogP contribution in [0.5, 0.6) is 0 Å². The Balaban J connectivity index is 5.54. The van der Waals surface area contributed by atoms with E-state index in [9.17, 15) is 45.6 Å². The van der Waals surface area contributed by atoms with Gasteiger partial charge in [0.25, 0.3) is 0 Å². The molecule has 0 aliphatic carbocycles. The first-order chi connectivity index (χ1) is 10.2. The van der Waals surface area contributed by atoms with Crippen LogP contribution < -0.4 is 0 Å². The molecule has 0 spiro atoms. The fourth-order valence-corrected chi connectivity index (χ4v) is 3.72. The molecule has 0 saturated carbocycles. The van der Waals surface area contributed by atoms with Crippen LogP contribution >= 0.6 is 13.7 Å². The molecule has 0 aromatic carbocycles. The molecular weight excluding hydrogens is 346 g/mol. The molecule has 0 unspecified atom stereocenters. The Hall–Kier alpha value is -0.190. The molecule has 13 heteroatoms. The fourth-order valence-electron chi connectivity index (χ4n) is 1.21. The van der Waals surface area contributed by atoms with E-state index in [1.54, 1.807) is 0 Å². The first-order valence-corrected chi connectivity index (χ1v) is 11.8. The van der Waals surface area contributed by atoms with Crippen molar-refractivity contribution in [2.24, 2.45) is 0 Å². The van der Waals surface area contributed by atoms with E-state index in [2.05, 4.69) is 0 Å². The number of rotatable bonds is 10. The van der Waals surface area contributed by atoms with Gasteiger partial charge in [-0.2, -0.15) is 0 Å². The number of aliphatic hydroxyl groups excluding tert-OH is 8. The molecule has 0 aliphatic rings. The van der Waals surface area contributed by atoms with Crippen LogP contribution in [0.2, 0.25) is 0 Å². The van der Waals surface area contributed by atoms with E-state index in [0.717, 1.165) is 0 Å². The van der Waals surface area contributed by atoms with Crippen molar-refractivity contribution in [1.29, 1.82) is 0 Å². The second-order valence-electron chi connectivity index (χ2n) is 5.28. The van der Waals surface area contributed by atoms with E-state index < -0.39 is 70.6 Å². The Bertz CT molecular complexity index is 301. The average molecular weight is 370 g/mol. The molecule has 0 fully saturated rings. The third kappa shape index (κ3) is 3.65. The Kier molecular flexibility index (Phi) is 7.52. The summed E-state index contributed by atoms with van der Waals surface area (Å²) in [6, 6.07) is 0. The minimum absolute atomic E-state index is 1.04. The zero-order valence-electron chi connectivity index (χ0n) is 11.9. The van der Waals surface area contributed by atoms with Crippen molar-refractivity contribution in [1.82, 2.24) is 0 Å². The number of hydrogen-bond acceptors (Lipinski definition) is 11. The molecular formula is C9H24O11P2. The number of carbonyl (C=O) groups excluding carboxylic acids is 1. The second-order valence-corrected chi connectivity index (χ2v) is 15.3. The molecule has 0 aromatic rings. The van der Waals surface area contributed by atoms with Crippen molar-refractivity contribution in [3.63, 3.8) is 0 Å². The van der Waals surface area contributed by atoms with Gasteiger partial charge >= 0.3 is 125 Å². The van der Waals surface area contributed by atoms with Crippen molar-refractivity contribution in [3.8, 4) is 0 Å². The van der Waals surface area contributed by atoms with Crippen molar-refractivity contribution >= 4 is 19.8 Å². The van der Waals surface area contributed by atoms with Gasteiger partial charge in [0.1, 0.15) is 0 Å². The van der Waals surface area contributed by atoms with Crippen LogP contribution in [-0.4, -0.2) is 97.8 Å². The molecule has 0 atom stereocenters. The van der Waals surface area contributed by atoms with Crippen LogP contribution in [0.15, 0.2) is 0 Å². The van der Waals surface area contributed by atoms with Crippen LogP contribution in [0.3, 0.4) is 0 Å². The van der Waals surface area contributed by atoms with E-state index in [4.69, 9.17) is 9.05 Å². The monoisotopic (exact) mass is 370 g/mol. The van der Waals surface area contributed by atoms with Crippen molar-refractivity contribution in [2.45, 2.75) is 0 Å². The van der Waals surface area contributed by atoms with E-state index in [1.807, 2.05) is 0 Å². The third-order valence-electron chi connectivity index (χ3n) is 3.53. The van der Waals surface area contributed by atoms with E-state index in [1.165, 1.54) is 0 Å². The molecule has 136 valence electrons. The van der Waals surface area contributed by atoms with Gasteiger partial charge in [0, 0.05) is 0 Å². The number of aliphatic hydroxyl groups is 8. The topological polar surface area (TPSA) is 197 Å². The maximum absolute atomic E-state index is 11.9. The Morgan fingerprint density at radius 3 is 0.864 bits per heavy atom. The van der Waals surface area contributed by atoms with Crippen LogP contribution in [-0.2, 0) is 9.05 Å². The zero-order valence-corrected chi connectivity index (χ0v) is 13.6. The third-order valence-corrected chi connectivity index (χ3v) is 10.6. The van der Waals surface area contributed by atoms with Crippen molar-refractivity contribution < 1.29 is 54.7 Å². The number of hydrogen-bond donors (Lipinski definition) is 8. The van der Waals surface area contributed by atoms with Gasteiger partial charge < -0.3 is 0 Å². The first kappa shape index (κ1) is 21.8. The molecule has 8 N–H and O–H groups in total. The van der Waals surface area contributed by atoms with E-state index >= 15 is 0 Å². The van der Waals surface area contributed by atoms with Gasteiger partial charge in [0.2, 0.25) is 0 Å². The SMILES string of the molecule is O=C(OP(CO)(CO)(CO)CO)OP(CO)(CO)(CO)CO. The summed E-state index contributed by atoms with van der Waals surface area (Å²) in [5.41, 5.74) is 0. The first-order valence-electron chi connectivity index (χ1n) is 6.04. The summed E-state index contributed by atoms with van der Waals surface area (Å²) in [4.78, 5) is 11.9. The van der Waals surface area contributed by atoms with Crippen molar-refractivity contribution in [3.05, 3.63) is 0 Å². The molecule has 11 nitrogen and oxygen atoms in total. The Morgan fingerprint density at radius 2 is 0.727 bits per heavy atom. The quantitative estimate of drug-likeness (QED) is 0.192. The molecule has 0 rings (SSSR count). The van der Waals surface area contributed by atoms with Gasteiger partial charge in [-0.05, 0) is 0 Å². The molecule has 0 heterocycles. The van der Waals surface area contributed by atoms with Crippen LogP contribution in [0.4, 0.5) is 4.79 Å². The Morgan fingerprint density at radius 1 is 0.545 bits per heavy atom. The predicted octanol–water partition coefficient (Wildman–Crippen LogP) is -2.33. The van der Waals surface area contributed by atoms with Gasteiger partial charge in [-0.3, -0.25) is 0 Å². The normalized spacial score (nSPS) is 16.2.